The third-order valence-corrected chi connectivity index (χ3v) is 2.83. The van der Waals surface area contributed by atoms with Crippen LogP contribution in [0.1, 0.15) is 0 Å². The average molecular weight is 255 g/mol. The molecule has 1 aromatic heterocycles. The summed E-state index contributed by atoms with van der Waals surface area (Å²) in [6.07, 6.45) is 0. The van der Waals surface area contributed by atoms with Crippen LogP contribution in [-0.2, 0) is 0 Å². The van der Waals surface area contributed by atoms with E-state index in [2.05, 4.69) is 15.3 Å². The Hall–Kier alpha value is -2.69. The maximum Gasteiger partial charge on any atom is 0.205 e. The molecule has 0 saturated heterocycles. The smallest absolute Gasteiger partial charge is 0.205 e. The predicted octanol–water partition coefficient (Wildman–Crippen LogP) is 3.02. The SMILES string of the molecule is COc1cccc2[nH]c(Nc3ccc(O)cc3)nc12. The molecule has 1 heterocycles. The van der Waals surface area contributed by atoms with Crippen LogP contribution in [0.15, 0.2) is 42.5 Å². The summed E-state index contributed by atoms with van der Waals surface area (Å²) in [7, 11) is 1.62. The molecule has 19 heavy (non-hydrogen) atoms. The van der Waals surface area contributed by atoms with Crippen molar-refractivity contribution in [3.63, 3.8) is 0 Å². The highest BCUT2D eigenvalue weighted by molar-refractivity contribution is 5.84. The van der Waals surface area contributed by atoms with E-state index in [0.29, 0.717) is 5.95 Å². The number of imidazole rings is 1. The zero-order valence-electron chi connectivity index (χ0n) is 10.3. The number of nitrogens with zero attached hydrogens (tertiary/aromatic N) is 1. The van der Waals surface area contributed by atoms with E-state index in [1.807, 2.05) is 18.2 Å². The van der Waals surface area contributed by atoms with E-state index < -0.39 is 0 Å². The monoisotopic (exact) mass is 255 g/mol. The molecule has 0 fully saturated rings. The van der Waals surface area contributed by atoms with Gasteiger partial charge in [0.1, 0.15) is 17.0 Å². The van der Waals surface area contributed by atoms with E-state index in [9.17, 15) is 5.11 Å². The number of nitrogens with one attached hydrogen (secondary N) is 2. The number of benzene rings is 2. The van der Waals surface area contributed by atoms with Gasteiger partial charge in [-0.1, -0.05) is 6.07 Å². The Balaban J connectivity index is 1.95. The normalized spacial score (nSPS) is 10.6. The van der Waals surface area contributed by atoms with Crippen LogP contribution in [0.3, 0.4) is 0 Å². The molecule has 0 atom stereocenters. The molecule has 0 spiro atoms. The van der Waals surface area contributed by atoms with Gasteiger partial charge in [0.25, 0.3) is 0 Å². The summed E-state index contributed by atoms with van der Waals surface area (Å²) in [6, 6.07) is 12.5. The van der Waals surface area contributed by atoms with Crippen LogP contribution < -0.4 is 10.1 Å². The van der Waals surface area contributed by atoms with Gasteiger partial charge in [0.15, 0.2) is 0 Å². The van der Waals surface area contributed by atoms with E-state index in [0.717, 1.165) is 22.5 Å². The lowest BCUT2D eigenvalue weighted by Crippen LogP contribution is -1.91. The minimum absolute atomic E-state index is 0.233. The number of phenols is 1. The van der Waals surface area contributed by atoms with Gasteiger partial charge in [-0.25, -0.2) is 4.98 Å². The number of hydrogen-bond donors (Lipinski definition) is 3. The first-order chi connectivity index (χ1) is 9.26. The van der Waals surface area contributed by atoms with Crippen molar-refractivity contribution in [2.75, 3.05) is 12.4 Å². The number of fused-ring (bicyclic) bond motifs is 1. The Morgan fingerprint density at radius 2 is 1.95 bits per heavy atom. The highest BCUT2D eigenvalue weighted by atomic mass is 16.5. The van der Waals surface area contributed by atoms with Gasteiger partial charge in [-0.05, 0) is 36.4 Å². The number of rotatable bonds is 3. The van der Waals surface area contributed by atoms with Gasteiger partial charge < -0.3 is 20.1 Å². The number of para-hydroxylation sites is 1. The Kier molecular flexibility index (Phi) is 2.72. The van der Waals surface area contributed by atoms with Gasteiger partial charge in [-0.3, -0.25) is 0 Å². The fourth-order valence-electron chi connectivity index (χ4n) is 1.91. The molecule has 96 valence electrons. The zero-order valence-corrected chi connectivity index (χ0v) is 10.3. The number of aromatic hydroxyl groups is 1. The van der Waals surface area contributed by atoms with Crippen molar-refractivity contribution in [2.45, 2.75) is 0 Å². The third-order valence-electron chi connectivity index (χ3n) is 2.83. The molecule has 0 aliphatic rings. The predicted molar refractivity (Wildman–Crippen MR) is 74.0 cm³/mol. The number of methoxy groups -OCH3 is 1. The fourth-order valence-corrected chi connectivity index (χ4v) is 1.91. The van der Waals surface area contributed by atoms with Gasteiger partial charge in [0, 0.05) is 5.69 Å². The van der Waals surface area contributed by atoms with Gasteiger partial charge in [0.2, 0.25) is 5.95 Å². The average Bonchev–Trinajstić information content (AvgIpc) is 2.83. The Morgan fingerprint density at radius 3 is 2.68 bits per heavy atom. The molecule has 0 bridgehead atoms. The quantitative estimate of drug-likeness (QED) is 0.629. The lowest BCUT2D eigenvalue weighted by molar-refractivity contribution is 0.419. The molecule has 0 radical (unpaired) electrons. The molecule has 3 N–H and O–H groups in total. The number of hydrogen-bond acceptors (Lipinski definition) is 4. The highest BCUT2D eigenvalue weighted by Crippen LogP contribution is 2.26. The summed E-state index contributed by atoms with van der Waals surface area (Å²) >= 11 is 0. The van der Waals surface area contributed by atoms with Crippen LogP contribution in [0.2, 0.25) is 0 Å². The van der Waals surface area contributed by atoms with Crippen molar-refractivity contribution in [3.05, 3.63) is 42.5 Å². The van der Waals surface area contributed by atoms with Crippen molar-refractivity contribution in [3.8, 4) is 11.5 Å². The van der Waals surface area contributed by atoms with Crippen LogP contribution in [0.25, 0.3) is 11.0 Å². The molecule has 2 aromatic carbocycles. The van der Waals surface area contributed by atoms with Crippen LogP contribution >= 0.6 is 0 Å². The van der Waals surface area contributed by atoms with E-state index in [4.69, 9.17) is 4.74 Å². The summed E-state index contributed by atoms with van der Waals surface area (Å²) in [6.45, 7) is 0. The van der Waals surface area contributed by atoms with Crippen molar-refractivity contribution >= 4 is 22.7 Å². The van der Waals surface area contributed by atoms with Gasteiger partial charge in [-0.2, -0.15) is 0 Å². The van der Waals surface area contributed by atoms with Crippen molar-refractivity contribution < 1.29 is 9.84 Å². The molecule has 3 rings (SSSR count). The minimum Gasteiger partial charge on any atom is -0.508 e. The third kappa shape index (κ3) is 2.18. The van der Waals surface area contributed by atoms with Gasteiger partial charge in [0.05, 0.1) is 12.6 Å². The molecule has 5 nitrogen and oxygen atoms in total. The summed E-state index contributed by atoms with van der Waals surface area (Å²) in [5.41, 5.74) is 2.53. The molecule has 0 aliphatic heterocycles. The number of phenolic OH excluding ortho intramolecular Hbond substituents is 1. The first-order valence-electron chi connectivity index (χ1n) is 5.85. The number of anilines is 2. The first kappa shape index (κ1) is 11.4. The second kappa shape index (κ2) is 4.53. The molecular formula is C14H13N3O2. The molecule has 0 unspecified atom stereocenters. The number of aromatic amines is 1. The fraction of sp³-hybridized carbons (Fsp3) is 0.0714. The number of ether oxygens (including phenoxy) is 1. The summed E-state index contributed by atoms with van der Waals surface area (Å²) in [4.78, 5) is 7.62. The molecule has 0 amide bonds. The second-order valence-corrected chi connectivity index (χ2v) is 4.11. The number of aromatic nitrogens is 2. The maximum atomic E-state index is 9.24. The Morgan fingerprint density at radius 1 is 1.16 bits per heavy atom. The highest BCUT2D eigenvalue weighted by Gasteiger charge is 2.07. The standard InChI is InChI=1S/C14H13N3O2/c1-19-12-4-2-3-11-13(12)17-14(16-11)15-9-5-7-10(18)8-6-9/h2-8,18H,1H3,(H2,15,16,17). The van der Waals surface area contributed by atoms with Crippen molar-refractivity contribution in [1.82, 2.24) is 9.97 Å². The van der Waals surface area contributed by atoms with Crippen LogP contribution in [0.5, 0.6) is 11.5 Å². The lowest BCUT2D eigenvalue weighted by atomic mass is 10.3. The zero-order chi connectivity index (χ0) is 13.2. The Labute approximate surface area is 109 Å². The first-order valence-corrected chi connectivity index (χ1v) is 5.85. The minimum atomic E-state index is 0.233. The summed E-state index contributed by atoms with van der Waals surface area (Å²) in [5, 5.41) is 12.4. The van der Waals surface area contributed by atoms with Crippen LogP contribution in [0, 0.1) is 0 Å². The molecule has 5 heteroatoms. The largest absolute Gasteiger partial charge is 0.508 e. The summed E-state index contributed by atoms with van der Waals surface area (Å²) < 4.78 is 5.26. The maximum absolute atomic E-state index is 9.24. The van der Waals surface area contributed by atoms with Crippen molar-refractivity contribution in [1.29, 1.82) is 0 Å². The van der Waals surface area contributed by atoms with Crippen molar-refractivity contribution in [2.24, 2.45) is 0 Å². The van der Waals surface area contributed by atoms with Crippen LogP contribution in [0.4, 0.5) is 11.6 Å². The molecular weight excluding hydrogens is 242 g/mol. The molecule has 3 aromatic rings. The van der Waals surface area contributed by atoms with E-state index in [-0.39, 0.29) is 5.75 Å². The topological polar surface area (TPSA) is 70.2 Å². The van der Waals surface area contributed by atoms with Crippen LogP contribution in [-0.4, -0.2) is 22.2 Å². The summed E-state index contributed by atoms with van der Waals surface area (Å²) in [5.74, 6) is 1.59. The van der Waals surface area contributed by atoms with Gasteiger partial charge >= 0.3 is 0 Å². The van der Waals surface area contributed by atoms with E-state index >= 15 is 0 Å². The van der Waals surface area contributed by atoms with Gasteiger partial charge in [-0.15, -0.1) is 0 Å². The van der Waals surface area contributed by atoms with E-state index in [1.165, 1.54) is 0 Å². The Bertz CT molecular complexity index is 704. The number of H-pyrrole nitrogens is 1. The molecule has 0 aliphatic carbocycles. The second-order valence-electron chi connectivity index (χ2n) is 4.11. The molecule has 0 saturated carbocycles. The van der Waals surface area contributed by atoms with E-state index in [1.54, 1.807) is 31.4 Å². The lowest BCUT2D eigenvalue weighted by Gasteiger charge is -2.01.